The summed E-state index contributed by atoms with van der Waals surface area (Å²) in [6.45, 7) is 7.14. The van der Waals surface area contributed by atoms with Crippen molar-refractivity contribution in [2.75, 3.05) is 18.4 Å². The highest BCUT2D eigenvalue weighted by atomic mass is 32.2. The first-order valence-electron chi connectivity index (χ1n) is 11.1. The zero-order chi connectivity index (χ0) is 22.2. The molecular weight excluding hydrogens is 430 g/mol. The van der Waals surface area contributed by atoms with Crippen LogP contribution in [0.5, 0.6) is 0 Å². The highest BCUT2D eigenvalue weighted by Gasteiger charge is 2.32. The molecule has 0 radical (unpaired) electrons. The maximum atomic E-state index is 13.0. The lowest BCUT2D eigenvalue weighted by Gasteiger charge is -2.30. The molecular formula is C23H31N3O3S2. The standard InChI is InChI=1S/C23H31N3O3S2/c1-15(2)17-5-7-19(8-6-17)31(28,29)26-12-10-18(11-13-26)22(27)25-23-24-20-9-4-16(3)14-21(20)30-23/h5-8,15-16,18H,4,9-14H2,1-3H3,(H,24,25,27). The molecule has 4 rings (SSSR count). The van der Waals surface area contributed by atoms with E-state index in [0.717, 1.165) is 30.5 Å². The summed E-state index contributed by atoms with van der Waals surface area (Å²) in [4.78, 5) is 19.0. The number of nitrogens with zero attached hydrogens (tertiary/aromatic N) is 2. The number of hydrogen-bond acceptors (Lipinski definition) is 5. The van der Waals surface area contributed by atoms with Crippen molar-refractivity contribution in [3.8, 4) is 0 Å². The number of aryl methyl sites for hydroxylation is 1. The number of anilines is 1. The van der Waals surface area contributed by atoms with E-state index in [0.29, 0.717) is 47.8 Å². The molecule has 0 spiro atoms. The molecule has 0 saturated carbocycles. The normalized spacial score (nSPS) is 20.6. The van der Waals surface area contributed by atoms with Crippen LogP contribution < -0.4 is 5.32 Å². The minimum Gasteiger partial charge on any atom is -0.302 e. The molecule has 1 aromatic heterocycles. The minimum atomic E-state index is -3.53. The van der Waals surface area contributed by atoms with Crippen LogP contribution in [0.4, 0.5) is 5.13 Å². The van der Waals surface area contributed by atoms with Gasteiger partial charge in [0.25, 0.3) is 0 Å². The van der Waals surface area contributed by atoms with Gasteiger partial charge in [0.05, 0.1) is 10.6 Å². The second-order valence-corrected chi connectivity index (χ2v) is 12.1. The summed E-state index contributed by atoms with van der Waals surface area (Å²) in [6, 6.07) is 7.14. The maximum absolute atomic E-state index is 13.0. The molecule has 168 valence electrons. The van der Waals surface area contributed by atoms with Crippen LogP contribution in [0.15, 0.2) is 29.2 Å². The van der Waals surface area contributed by atoms with Crippen molar-refractivity contribution in [3.63, 3.8) is 0 Å². The fraction of sp³-hybridized carbons (Fsp3) is 0.565. The fourth-order valence-electron chi connectivity index (χ4n) is 4.33. The molecule has 1 aliphatic carbocycles. The molecule has 6 nitrogen and oxygen atoms in total. The SMILES string of the molecule is CC1CCc2nc(NC(=O)C3CCN(S(=O)(=O)c4ccc(C(C)C)cc4)CC3)sc2C1. The number of thiazole rings is 1. The summed E-state index contributed by atoms with van der Waals surface area (Å²) in [6.07, 6.45) is 4.22. The van der Waals surface area contributed by atoms with Crippen molar-refractivity contribution in [3.05, 3.63) is 40.4 Å². The van der Waals surface area contributed by atoms with E-state index in [2.05, 4.69) is 31.1 Å². The lowest BCUT2D eigenvalue weighted by Crippen LogP contribution is -2.41. The van der Waals surface area contributed by atoms with Gasteiger partial charge in [-0.1, -0.05) is 32.9 Å². The minimum absolute atomic E-state index is 0.0440. The largest absolute Gasteiger partial charge is 0.302 e. The van der Waals surface area contributed by atoms with Gasteiger partial charge in [-0.25, -0.2) is 13.4 Å². The number of rotatable bonds is 5. The maximum Gasteiger partial charge on any atom is 0.243 e. The number of piperidine rings is 1. The van der Waals surface area contributed by atoms with Gasteiger partial charge in [0.2, 0.25) is 15.9 Å². The molecule has 2 aromatic rings. The third kappa shape index (κ3) is 4.86. The van der Waals surface area contributed by atoms with Crippen molar-refractivity contribution in [2.24, 2.45) is 11.8 Å². The Bertz CT molecular complexity index is 1040. The molecule has 8 heteroatoms. The topological polar surface area (TPSA) is 79.4 Å². The quantitative estimate of drug-likeness (QED) is 0.714. The third-order valence-corrected chi connectivity index (χ3v) is 9.37. The second-order valence-electron chi connectivity index (χ2n) is 9.13. The van der Waals surface area contributed by atoms with Gasteiger partial charge in [-0.15, -0.1) is 11.3 Å². The van der Waals surface area contributed by atoms with Gasteiger partial charge in [0, 0.05) is 23.9 Å². The number of hydrogen-bond donors (Lipinski definition) is 1. The Hall–Kier alpha value is -1.77. The van der Waals surface area contributed by atoms with Crippen LogP contribution in [0.25, 0.3) is 0 Å². The predicted molar refractivity (Wildman–Crippen MR) is 124 cm³/mol. The molecule has 1 aromatic carbocycles. The van der Waals surface area contributed by atoms with Gasteiger partial charge < -0.3 is 5.32 Å². The second kappa shape index (κ2) is 9.00. The Balaban J connectivity index is 1.35. The number of nitrogens with one attached hydrogen (secondary N) is 1. The van der Waals surface area contributed by atoms with E-state index in [1.807, 2.05) is 12.1 Å². The van der Waals surface area contributed by atoms with Crippen molar-refractivity contribution in [2.45, 2.75) is 63.7 Å². The zero-order valence-electron chi connectivity index (χ0n) is 18.4. The molecule has 1 unspecified atom stereocenters. The van der Waals surface area contributed by atoms with Crippen LogP contribution in [0.2, 0.25) is 0 Å². The number of sulfonamides is 1. The fourth-order valence-corrected chi connectivity index (χ4v) is 6.98. The number of carbonyl (C=O) groups excluding carboxylic acids is 1. The molecule has 1 saturated heterocycles. The van der Waals surface area contributed by atoms with Crippen LogP contribution in [0.3, 0.4) is 0 Å². The van der Waals surface area contributed by atoms with Gasteiger partial charge in [-0.3, -0.25) is 4.79 Å². The summed E-state index contributed by atoms with van der Waals surface area (Å²) in [5, 5.41) is 3.67. The van der Waals surface area contributed by atoms with E-state index >= 15 is 0 Å². The summed E-state index contributed by atoms with van der Waals surface area (Å²) >= 11 is 1.59. The van der Waals surface area contributed by atoms with E-state index < -0.39 is 10.0 Å². The number of aromatic nitrogens is 1. The van der Waals surface area contributed by atoms with Gasteiger partial charge in [0.15, 0.2) is 5.13 Å². The van der Waals surface area contributed by atoms with Gasteiger partial charge in [0.1, 0.15) is 0 Å². The van der Waals surface area contributed by atoms with Crippen LogP contribution in [0.1, 0.15) is 62.1 Å². The smallest absolute Gasteiger partial charge is 0.243 e. The van der Waals surface area contributed by atoms with Crippen LogP contribution >= 0.6 is 11.3 Å². The van der Waals surface area contributed by atoms with E-state index in [-0.39, 0.29) is 11.8 Å². The molecule has 1 amide bonds. The van der Waals surface area contributed by atoms with Crippen LogP contribution in [-0.4, -0.2) is 36.7 Å². The Morgan fingerprint density at radius 3 is 2.48 bits per heavy atom. The van der Waals surface area contributed by atoms with Crippen LogP contribution in [0, 0.1) is 11.8 Å². The summed E-state index contributed by atoms with van der Waals surface area (Å²) in [5.41, 5.74) is 2.25. The van der Waals surface area contributed by atoms with E-state index in [9.17, 15) is 13.2 Å². The number of fused-ring (bicyclic) bond motifs is 1. The average molecular weight is 462 g/mol. The van der Waals surface area contributed by atoms with E-state index in [1.165, 1.54) is 9.18 Å². The molecule has 1 N–H and O–H groups in total. The molecule has 1 aliphatic heterocycles. The molecule has 1 fully saturated rings. The monoisotopic (exact) mass is 461 g/mol. The summed E-state index contributed by atoms with van der Waals surface area (Å²) in [5.74, 6) is 0.800. The molecule has 2 aliphatic rings. The van der Waals surface area contributed by atoms with Gasteiger partial charge in [-0.05, 0) is 61.6 Å². The van der Waals surface area contributed by atoms with E-state index in [1.54, 1.807) is 23.5 Å². The van der Waals surface area contributed by atoms with Crippen LogP contribution in [-0.2, 0) is 27.7 Å². The van der Waals surface area contributed by atoms with Crippen molar-refractivity contribution in [1.82, 2.24) is 9.29 Å². The summed E-state index contributed by atoms with van der Waals surface area (Å²) < 4.78 is 27.5. The highest BCUT2D eigenvalue weighted by Crippen LogP contribution is 2.33. The molecule has 0 bridgehead atoms. The zero-order valence-corrected chi connectivity index (χ0v) is 20.1. The highest BCUT2D eigenvalue weighted by molar-refractivity contribution is 7.89. The predicted octanol–water partition coefficient (Wildman–Crippen LogP) is 4.43. The van der Waals surface area contributed by atoms with Crippen molar-refractivity contribution < 1.29 is 13.2 Å². The molecule has 2 heterocycles. The number of carbonyl (C=O) groups is 1. The molecule has 1 atom stereocenters. The first-order valence-corrected chi connectivity index (χ1v) is 13.4. The Kier molecular flexibility index (Phi) is 6.51. The Morgan fingerprint density at radius 2 is 1.84 bits per heavy atom. The third-order valence-electron chi connectivity index (χ3n) is 6.43. The number of amides is 1. The Morgan fingerprint density at radius 1 is 1.16 bits per heavy atom. The Labute approximate surface area is 189 Å². The number of benzene rings is 1. The van der Waals surface area contributed by atoms with Crippen molar-refractivity contribution in [1.29, 1.82) is 0 Å². The van der Waals surface area contributed by atoms with E-state index in [4.69, 9.17) is 0 Å². The lowest BCUT2D eigenvalue weighted by atomic mass is 9.93. The van der Waals surface area contributed by atoms with Crippen molar-refractivity contribution >= 4 is 32.4 Å². The summed E-state index contributed by atoms with van der Waals surface area (Å²) in [7, 11) is -3.53. The lowest BCUT2D eigenvalue weighted by molar-refractivity contribution is -0.120. The molecule has 31 heavy (non-hydrogen) atoms. The average Bonchev–Trinajstić information content (AvgIpc) is 3.15. The van der Waals surface area contributed by atoms with Gasteiger partial charge in [-0.2, -0.15) is 4.31 Å². The first kappa shape index (κ1) is 22.4. The van der Waals surface area contributed by atoms with Gasteiger partial charge >= 0.3 is 0 Å². The first-order chi connectivity index (χ1) is 14.7.